The molecular formula is C17H21BrN2O4. The summed E-state index contributed by atoms with van der Waals surface area (Å²) >= 11 is 3.50. The molecule has 2 heterocycles. The van der Waals surface area contributed by atoms with E-state index >= 15 is 0 Å². The molecule has 2 aliphatic heterocycles. The summed E-state index contributed by atoms with van der Waals surface area (Å²) in [6.07, 6.45) is 0.531. The number of benzene rings is 1. The highest BCUT2D eigenvalue weighted by Crippen LogP contribution is 2.41. The molecule has 0 bridgehead atoms. The summed E-state index contributed by atoms with van der Waals surface area (Å²) in [7, 11) is 0. The van der Waals surface area contributed by atoms with Gasteiger partial charge in [-0.2, -0.15) is 0 Å². The van der Waals surface area contributed by atoms with Gasteiger partial charge in [-0.1, -0.05) is 0 Å². The third-order valence-electron chi connectivity index (χ3n) is 4.56. The Labute approximate surface area is 149 Å². The van der Waals surface area contributed by atoms with Crippen molar-refractivity contribution in [2.75, 3.05) is 31.2 Å². The number of morpholine rings is 1. The van der Waals surface area contributed by atoms with Crippen molar-refractivity contribution in [3.63, 3.8) is 0 Å². The third-order valence-corrected chi connectivity index (χ3v) is 5.17. The summed E-state index contributed by atoms with van der Waals surface area (Å²) in [5.41, 5.74) is 2.08. The highest BCUT2D eigenvalue weighted by Gasteiger charge is 2.40. The first-order valence-electron chi connectivity index (χ1n) is 8.10. The summed E-state index contributed by atoms with van der Waals surface area (Å²) < 4.78 is 6.05. The van der Waals surface area contributed by atoms with Crippen molar-refractivity contribution in [3.8, 4) is 0 Å². The molecule has 2 aliphatic rings. The molecule has 1 saturated heterocycles. The lowest BCUT2D eigenvalue weighted by atomic mass is 10.1. The van der Waals surface area contributed by atoms with E-state index in [0.29, 0.717) is 32.7 Å². The Hall–Kier alpha value is -1.60. The van der Waals surface area contributed by atoms with E-state index in [9.17, 15) is 14.7 Å². The van der Waals surface area contributed by atoms with Crippen LogP contribution in [0, 0.1) is 0 Å². The second-order valence-corrected chi connectivity index (χ2v) is 7.28. The van der Waals surface area contributed by atoms with E-state index < -0.39 is 5.97 Å². The van der Waals surface area contributed by atoms with Crippen molar-refractivity contribution >= 4 is 33.5 Å². The maximum Gasteiger partial charge on any atom is 0.335 e. The quantitative estimate of drug-likeness (QED) is 0.847. The summed E-state index contributed by atoms with van der Waals surface area (Å²) in [5.74, 6) is -0.871. The first-order chi connectivity index (χ1) is 11.4. The van der Waals surface area contributed by atoms with Crippen LogP contribution in [0.5, 0.6) is 0 Å². The molecule has 3 rings (SSSR count). The molecule has 0 radical (unpaired) electrons. The van der Waals surface area contributed by atoms with Gasteiger partial charge in [0.25, 0.3) is 0 Å². The van der Waals surface area contributed by atoms with Gasteiger partial charge in [-0.3, -0.25) is 4.79 Å². The average molecular weight is 397 g/mol. The number of aromatic carboxylic acids is 1. The van der Waals surface area contributed by atoms with Crippen LogP contribution in [0.2, 0.25) is 0 Å². The molecule has 130 valence electrons. The molecule has 0 saturated carbocycles. The molecule has 1 fully saturated rings. The second kappa shape index (κ2) is 6.72. The average Bonchev–Trinajstić information content (AvgIpc) is 2.95. The van der Waals surface area contributed by atoms with Gasteiger partial charge in [-0.25, -0.2) is 4.79 Å². The minimum atomic E-state index is -0.961. The minimum Gasteiger partial charge on any atom is -0.478 e. The molecule has 0 aliphatic carbocycles. The number of anilines is 1. The van der Waals surface area contributed by atoms with Crippen molar-refractivity contribution in [3.05, 3.63) is 27.7 Å². The van der Waals surface area contributed by atoms with E-state index in [4.69, 9.17) is 4.74 Å². The van der Waals surface area contributed by atoms with Crippen molar-refractivity contribution in [1.82, 2.24) is 4.90 Å². The van der Waals surface area contributed by atoms with Crippen LogP contribution in [0.25, 0.3) is 0 Å². The number of rotatable bonds is 3. The number of ether oxygens (including phenoxy) is 1. The number of carboxylic acid groups (broad SMARTS) is 1. The minimum absolute atomic E-state index is 0.0898. The van der Waals surface area contributed by atoms with Crippen LogP contribution < -0.4 is 4.90 Å². The monoisotopic (exact) mass is 396 g/mol. The molecule has 24 heavy (non-hydrogen) atoms. The Balaban J connectivity index is 1.96. The highest BCUT2D eigenvalue weighted by atomic mass is 79.9. The number of carboxylic acids is 1. The SMILES string of the molecule is CC(C)N1c2c(Br)cc(C(=O)O)cc2CC1C(=O)N1CCOCC1. The lowest BCUT2D eigenvalue weighted by molar-refractivity contribution is -0.136. The zero-order chi connectivity index (χ0) is 17.4. The fraction of sp³-hybridized carbons (Fsp3) is 0.529. The topological polar surface area (TPSA) is 70.1 Å². The Kier molecular flexibility index (Phi) is 4.83. The Morgan fingerprint density at radius 2 is 1.96 bits per heavy atom. The molecular weight excluding hydrogens is 376 g/mol. The van der Waals surface area contributed by atoms with Gasteiger partial charge in [0, 0.05) is 30.0 Å². The summed E-state index contributed by atoms with van der Waals surface area (Å²) in [6.45, 7) is 6.46. The number of carbonyl (C=O) groups is 2. The number of amides is 1. The largest absolute Gasteiger partial charge is 0.478 e. The molecule has 1 N–H and O–H groups in total. The van der Waals surface area contributed by atoms with E-state index in [1.165, 1.54) is 0 Å². The smallest absolute Gasteiger partial charge is 0.335 e. The fourth-order valence-corrected chi connectivity index (χ4v) is 4.21. The zero-order valence-electron chi connectivity index (χ0n) is 13.8. The molecule has 1 unspecified atom stereocenters. The molecule has 1 aromatic carbocycles. The van der Waals surface area contributed by atoms with Crippen LogP contribution in [-0.4, -0.2) is 60.3 Å². The summed E-state index contributed by atoms with van der Waals surface area (Å²) in [4.78, 5) is 28.3. The van der Waals surface area contributed by atoms with E-state index in [1.54, 1.807) is 12.1 Å². The third kappa shape index (κ3) is 3.02. The maximum atomic E-state index is 13.0. The molecule has 7 heteroatoms. The van der Waals surface area contributed by atoms with Crippen LogP contribution in [0.1, 0.15) is 29.8 Å². The van der Waals surface area contributed by atoms with E-state index in [2.05, 4.69) is 20.8 Å². The molecule has 1 atom stereocenters. The maximum absolute atomic E-state index is 13.0. The molecule has 6 nitrogen and oxygen atoms in total. The van der Waals surface area contributed by atoms with E-state index in [0.717, 1.165) is 15.7 Å². The number of hydrogen-bond donors (Lipinski definition) is 1. The lowest BCUT2D eigenvalue weighted by Gasteiger charge is -2.36. The number of nitrogens with zero attached hydrogens (tertiary/aromatic N) is 2. The van der Waals surface area contributed by atoms with Gasteiger partial charge >= 0.3 is 5.97 Å². The number of halogens is 1. The molecule has 0 aromatic heterocycles. The molecule has 0 spiro atoms. The van der Waals surface area contributed by atoms with Crippen LogP contribution in [0.4, 0.5) is 5.69 Å². The van der Waals surface area contributed by atoms with Crippen molar-refractivity contribution < 1.29 is 19.4 Å². The van der Waals surface area contributed by atoms with Gasteiger partial charge in [-0.15, -0.1) is 0 Å². The predicted molar refractivity (Wildman–Crippen MR) is 93.6 cm³/mol. The van der Waals surface area contributed by atoms with Gasteiger partial charge in [0.1, 0.15) is 6.04 Å². The Morgan fingerprint density at radius 3 is 2.54 bits per heavy atom. The van der Waals surface area contributed by atoms with Gasteiger partial charge in [0.2, 0.25) is 5.91 Å². The van der Waals surface area contributed by atoms with Crippen LogP contribution in [-0.2, 0) is 16.0 Å². The highest BCUT2D eigenvalue weighted by molar-refractivity contribution is 9.10. The first-order valence-corrected chi connectivity index (χ1v) is 8.90. The number of carbonyl (C=O) groups excluding carboxylic acids is 1. The molecule has 1 aromatic rings. The van der Waals surface area contributed by atoms with Crippen LogP contribution >= 0.6 is 15.9 Å². The van der Waals surface area contributed by atoms with Gasteiger partial charge in [0.15, 0.2) is 0 Å². The number of fused-ring (bicyclic) bond motifs is 1. The first kappa shape index (κ1) is 17.2. The van der Waals surface area contributed by atoms with Crippen LogP contribution in [0.3, 0.4) is 0 Å². The van der Waals surface area contributed by atoms with Crippen molar-refractivity contribution in [1.29, 1.82) is 0 Å². The lowest BCUT2D eigenvalue weighted by Crippen LogP contribution is -2.52. The van der Waals surface area contributed by atoms with E-state index in [1.807, 2.05) is 18.7 Å². The van der Waals surface area contributed by atoms with Crippen LogP contribution in [0.15, 0.2) is 16.6 Å². The summed E-state index contributed by atoms with van der Waals surface area (Å²) in [5, 5.41) is 9.27. The normalized spacial score (nSPS) is 20.4. The van der Waals surface area contributed by atoms with Gasteiger partial charge < -0.3 is 19.6 Å². The Morgan fingerprint density at radius 1 is 1.29 bits per heavy atom. The van der Waals surface area contributed by atoms with Gasteiger partial charge in [-0.05, 0) is 47.5 Å². The predicted octanol–water partition coefficient (Wildman–Crippen LogP) is 2.15. The zero-order valence-corrected chi connectivity index (χ0v) is 15.4. The fourth-order valence-electron chi connectivity index (χ4n) is 3.51. The van der Waals surface area contributed by atoms with E-state index in [-0.39, 0.29) is 23.6 Å². The van der Waals surface area contributed by atoms with Crippen molar-refractivity contribution in [2.24, 2.45) is 0 Å². The second-order valence-electron chi connectivity index (χ2n) is 6.43. The number of hydrogen-bond acceptors (Lipinski definition) is 4. The molecule has 1 amide bonds. The van der Waals surface area contributed by atoms with Gasteiger partial charge in [0.05, 0.1) is 24.5 Å². The van der Waals surface area contributed by atoms with Crippen molar-refractivity contribution in [2.45, 2.75) is 32.4 Å². The standard InChI is InChI=1S/C17H21BrN2O4/c1-10(2)20-14(16(21)19-3-5-24-6-4-19)9-11-7-12(17(22)23)8-13(18)15(11)20/h7-8,10,14H,3-6,9H2,1-2H3,(H,22,23). The summed E-state index contributed by atoms with van der Waals surface area (Å²) in [6, 6.07) is 3.13. The Bertz CT molecular complexity index is 671.